The summed E-state index contributed by atoms with van der Waals surface area (Å²) in [5.74, 6) is 1.43. The molecule has 4 fully saturated rings. The summed E-state index contributed by atoms with van der Waals surface area (Å²) < 4.78 is 10.4. The average molecular weight is 465 g/mol. The highest BCUT2D eigenvalue weighted by molar-refractivity contribution is 5.69. The zero-order chi connectivity index (χ0) is 24.1. The van der Waals surface area contributed by atoms with Crippen molar-refractivity contribution in [2.24, 2.45) is 46.3 Å². The highest BCUT2D eigenvalue weighted by Gasteiger charge is 2.65. The molecule has 0 aromatic heterocycles. The van der Waals surface area contributed by atoms with Gasteiger partial charge in [0.05, 0.1) is 19.3 Å². The van der Waals surface area contributed by atoms with Crippen molar-refractivity contribution in [3.8, 4) is 0 Å². The molecular weight excluding hydrogens is 420 g/mol. The maximum atomic E-state index is 11.7. The minimum absolute atomic E-state index is 0.0319. The number of ether oxygens (including phenoxy) is 2. The van der Waals surface area contributed by atoms with Gasteiger partial charge in [0.25, 0.3) is 0 Å². The van der Waals surface area contributed by atoms with Gasteiger partial charge in [-0.15, -0.1) is 0 Å². The number of hydrogen-bond donors (Lipinski definition) is 2. The van der Waals surface area contributed by atoms with Gasteiger partial charge in [-0.25, -0.2) is 0 Å². The summed E-state index contributed by atoms with van der Waals surface area (Å²) in [6, 6.07) is 0. The molecule has 0 radical (unpaired) electrons. The van der Waals surface area contributed by atoms with Gasteiger partial charge in [0.2, 0.25) is 0 Å². The molecule has 0 amide bonds. The van der Waals surface area contributed by atoms with Crippen molar-refractivity contribution in [1.29, 1.82) is 0 Å². The fraction of sp³-hybridized carbons (Fsp3) is 0.926. The molecule has 0 bridgehead atoms. The number of aliphatic hydroxyl groups excluding tert-OH is 2. The number of carbonyl (C=O) groups is 2. The van der Waals surface area contributed by atoms with Crippen LogP contribution in [0.4, 0.5) is 0 Å². The van der Waals surface area contributed by atoms with E-state index in [1.165, 1.54) is 14.0 Å². The van der Waals surface area contributed by atoms with Gasteiger partial charge < -0.3 is 19.7 Å². The fourth-order valence-electron chi connectivity index (χ4n) is 9.19. The van der Waals surface area contributed by atoms with E-state index in [1.807, 2.05) is 0 Å². The lowest BCUT2D eigenvalue weighted by Crippen LogP contribution is -2.64. The molecule has 11 atom stereocenters. The van der Waals surface area contributed by atoms with Crippen LogP contribution in [-0.2, 0) is 19.1 Å². The predicted molar refractivity (Wildman–Crippen MR) is 124 cm³/mol. The second-order valence-corrected chi connectivity index (χ2v) is 12.2. The molecule has 0 aliphatic heterocycles. The first-order chi connectivity index (χ1) is 15.5. The van der Waals surface area contributed by atoms with Gasteiger partial charge in [-0.2, -0.15) is 0 Å². The van der Waals surface area contributed by atoms with E-state index in [4.69, 9.17) is 9.47 Å². The van der Waals surface area contributed by atoms with Crippen molar-refractivity contribution in [2.75, 3.05) is 7.11 Å². The van der Waals surface area contributed by atoms with Crippen LogP contribution < -0.4 is 0 Å². The number of carbonyl (C=O) groups excluding carboxylic acids is 2. The van der Waals surface area contributed by atoms with Crippen LogP contribution >= 0.6 is 0 Å². The molecule has 0 aromatic carbocycles. The normalized spacial score (nSPS) is 47.6. The molecule has 188 valence electrons. The van der Waals surface area contributed by atoms with Crippen molar-refractivity contribution in [3.05, 3.63) is 0 Å². The molecule has 4 rings (SSSR count). The van der Waals surface area contributed by atoms with Crippen LogP contribution in [0.2, 0.25) is 0 Å². The Bertz CT molecular complexity index is 753. The Morgan fingerprint density at radius 1 is 0.970 bits per heavy atom. The number of esters is 2. The van der Waals surface area contributed by atoms with Crippen molar-refractivity contribution in [3.63, 3.8) is 0 Å². The van der Waals surface area contributed by atoms with Crippen LogP contribution in [0.1, 0.15) is 85.5 Å². The third-order valence-corrected chi connectivity index (χ3v) is 10.8. The third-order valence-electron chi connectivity index (χ3n) is 10.8. The number of aliphatic hydroxyl groups is 2. The van der Waals surface area contributed by atoms with Crippen LogP contribution in [0.5, 0.6) is 0 Å². The van der Waals surface area contributed by atoms with Gasteiger partial charge in [0.1, 0.15) is 6.10 Å². The second-order valence-electron chi connectivity index (χ2n) is 12.2. The van der Waals surface area contributed by atoms with E-state index in [0.717, 1.165) is 44.9 Å². The lowest BCUT2D eigenvalue weighted by Gasteiger charge is -2.63. The zero-order valence-electron chi connectivity index (χ0n) is 21.1. The summed E-state index contributed by atoms with van der Waals surface area (Å²) >= 11 is 0. The third kappa shape index (κ3) is 4.13. The lowest BCUT2D eigenvalue weighted by atomic mass is 9.43. The van der Waals surface area contributed by atoms with E-state index >= 15 is 0 Å². The van der Waals surface area contributed by atoms with Crippen LogP contribution in [0.15, 0.2) is 0 Å². The number of methoxy groups -OCH3 is 1. The smallest absolute Gasteiger partial charge is 0.305 e. The fourth-order valence-corrected chi connectivity index (χ4v) is 9.19. The Kier molecular flexibility index (Phi) is 6.92. The van der Waals surface area contributed by atoms with E-state index in [2.05, 4.69) is 20.8 Å². The van der Waals surface area contributed by atoms with Gasteiger partial charge in [0, 0.05) is 13.3 Å². The Morgan fingerprint density at radius 3 is 2.30 bits per heavy atom. The molecule has 6 nitrogen and oxygen atoms in total. The van der Waals surface area contributed by atoms with Crippen LogP contribution in [-0.4, -0.2) is 47.6 Å². The monoisotopic (exact) mass is 464 g/mol. The van der Waals surface area contributed by atoms with Gasteiger partial charge in [-0.1, -0.05) is 20.8 Å². The largest absolute Gasteiger partial charge is 0.469 e. The highest BCUT2D eigenvalue weighted by Crippen LogP contribution is 2.68. The molecule has 0 heterocycles. The van der Waals surface area contributed by atoms with E-state index in [-0.39, 0.29) is 40.7 Å². The van der Waals surface area contributed by atoms with Crippen LogP contribution in [0, 0.1) is 46.3 Å². The Balaban J connectivity index is 1.54. The summed E-state index contributed by atoms with van der Waals surface area (Å²) in [4.78, 5) is 23.2. The summed E-state index contributed by atoms with van der Waals surface area (Å²) in [6.45, 7) is 8.45. The van der Waals surface area contributed by atoms with Crippen LogP contribution in [0.3, 0.4) is 0 Å². The maximum Gasteiger partial charge on any atom is 0.305 e. The van der Waals surface area contributed by atoms with E-state index in [0.29, 0.717) is 36.5 Å². The molecule has 0 spiro atoms. The first-order valence-electron chi connectivity index (χ1n) is 13.1. The van der Waals surface area contributed by atoms with Crippen molar-refractivity contribution < 1.29 is 29.3 Å². The van der Waals surface area contributed by atoms with Crippen LogP contribution in [0.25, 0.3) is 0 Å². The average Bonchev–Trinajstić information content (AvgIpc) is 3.13. The highest BCUT2D eigenvalue weighted by atomic mass is 16.5. The SMILES string of the molecule is COC(=O)CC[C@@H](C)[C@H]1CC[C@H]2[C@@H]3[C@H](O)[C@H](O)[C@@H]4C[C@H](OC(C)=O)CC[C@]4(C)[C@H]3CC[C@]12C. The maximum absolute atomic E-state index is 11.7. The molecule has 4 saturated carbocycles. The molecule has 4 aliphatic carbocycles. The number of hydrogen-bond acceptors (Lipinski definition) is 6. The van der Waals surface area contributed by atoms with Gasteiger partial charge in [-0.05, 0) is 97.7 Å². The predicted octanol–water partition coefficient (Wildman–Crippen LogP) is 4.11. The van der Waals surface area contributed by atoms with Crippen molar-refractivity contribution >= 4 is 11.9 Å². The topological polar surface area (TPSA) is 93.1 Å². The van der Waals surface area contributed by atoms with Crippen molar-refractivity contribution in [2.45, 2.75) is 104 Å². The molecule has 6 heteroatoms. The first-order valence-corrected chi connectivity index (χ1v) is 13.1. The minimum Gasteiger partial charge on any atom is -0.469 e. The summed E-state index contributed by atoms with van der Waals surface area (Å²) in [7, 11) is 1.45. The zero-order valence-corrected chi connectivity index (χ0v) is 21.1. The second kappa shape index (κ2) is 9.14. The molecular formula is C27H44O6. The van der Waals surface area contributed by atoms with Gasteiger partial charge in [0.15, 0.2) is 0 Å². The molecule has 2 N–H and O–H groups in total. The molecule has 33 heavy (non-hydrogen) atoms. The Hall–Kier alpha value is -1.14. The number of fused-ring (bicyclic) bond motifs is 5. The lowest BCUT2D eigenvalue weighted by molar-refractivity contribution is -0.225. The molecule has 0 aromatic rings. The summed E-state index contributed by atoms with van der Waals surface area (Å²) in [6.07, 6.45) is 6.52. The molecule has 0 saturated heterocycles. The standard InChI is InChI=1S/C27H44O6/c1-15(6-9-22(29)32-5)18-7-8-19-23-20(11-13-26(18,19)3)27(4)12-10-17(33-16(2)28)14-21(27)24(30)25(23)31/h15,17-21,23-25,30-31H,6-14H2,1-5H3/t15-,17-,18-,19+,20+,21+,23+,24-,25+,26-,27-/m1/s1. The molecule has 4 aliphatic rings. The van der Waals surface area contributed by atoms with Crippen molar-refractivity contribution in [1.82, 2.24) is 0 Å². The van der Waals surface area contributed by atoms with Gasteiger partial charge >= 0.3 is 11.9 Å². The summed E-state index contributed by atoms with van der Waals surface area (Å²) in [5.41, 5.74) is 0.103. The quantitative estimate of drug-likeness (QED) is 0.595. The minimum atomic E-state index is -0.771. The molecule has 0 unspecified atom stereocenters. The Labute approximate surface area is 198 Å². The van der Waals surface area contributed by atoms with Gasteiger partial charge in [-0.3, -0.25) is 9.59 Å². The van der Waals surface area contributed by atoms with E-state index < -0.39 is 12.2 Å². The summed E-state index contributed by atoms with van der Waals surface area (Å²) in [5, 5.41) is 22.8. The van der Waals surface area contributed by atoms with E-state index in [1.54, 1.807) is 0 Å². The number of rotatable bonds is 5. The Morgan fingerprint density at radius 2 is 1.64 bits per heavy atom. The first kappa shape index (κ1) is 25.0. The van der Waals surface area contributed by atoms with E-state index in [9.17, 15) is 19.8 Å².